The zero-order valence-corrected chi connectivity index (χ0v) is 14.0. The average molecular weight is 316 g/mol. The van der Waals surface area contributed by atoms with Crippen LogP contribution in [0.1, 0.15) is 20.3 Å². The second-order valence-corrected chi connectivity index (χ2v) is 7.48. The standard InChI is InChI=1S/C14H24N2O2S2/c1-4-9-15-13-7-5-6-8-14(13)20(17,18)16-10-12(2)11-19-3/h5-8,12,15-16H,4,9-11H2,1-3H3. The highest BCUT2D eigenvalue weighted by atomic mass is 32.2. The minimum Gasteiger partial charge on any atom is -0.384 e. The first kappa shape index (κ1) is 17.3. The largest absolute Gasteiger partial charge is 0.384 e. The lowest BCUT2D eigenvalue weighted by Crippen LogP contribution is -2.29. The molecule has 4 nitrogen and oxygen atoms in total. The van der Waals surface area contributed by atoms with Gasteiger partial charge in [0, 0.05) is 13.1 Å². The Bertz CT molecular complexity index is 504. The fourth-order valence-corrected chi connectivity index (χ4v) is 3.81. The Morgan fingerprint density at radius 3 is 2.65 bits per heavy atom. The third-order valence-corrected chi connectivity index (χ3v) is 5.20. The number of nitrogens with one attached hydrogen (secondary N) is 2. The molecule has 1 atom stereocenters. The summed E-state index contributed by atoms with van der Waals surface area (Å²) in [5, 5.41) is 3.16. The van der Waals surface area contributed by atoms with Gasteiger partial charge in [-0.05, 0) is 36.5 Å². The molecular formula is C14H24N2O2S2. The Morgan fingerprint density at radius 2 is 2.00 bits per heavy atom. The maximum atomic E-state index is 12.4. The van der Waals surface area contributed by atoms with Gasteiger partial charge in [0.1, 0.15) is 4.90 Å². The van der Waals surface area contributed by atoms with Crippen LogP contribution in [-0.2, 0) is 10.0 Å². The van der Waals surface area contributed by atoms with E-state index < -0.39 is 10.0 Å². The highest BCUT2D eigenvalue weighted by Gasteiger charge is 2.18. The zero-order valence-electron chi connectivity index (χ0n) is 12.3. The Kier molecular flexibility index (Phi) is 7.40. The molecule has 20 heavy (non-hydrogen) atoms. The summed E-state index contributed by atoms with van der Waals surface area (Å²) in [5.74, 6) is 1.26. The Morgan fingerprint density at radius 1 is 1.30 bits per heavy atom. The number of hydrogen-bond donors (Lipinski definition) is 2. The van der Waals surface area contributed by atoms with Gasteiger partial charge in [-0.3, -0.25) is 0 Å². The number of sulfonamides is 1. The fourth-order valence-electron chi connectivity index (χ4n) is 1.78. The van der Waals surface area contributed by atoms with Crippen LogP contribution in [0.15, 0.2) is 29.2 Å². The molecule has 0 bridgehead atoms. The summed E-state index contributed by atoms with van der Waals surface area (Å²) in [6.45, 7) is 5.31. The Balaban J connectivity index is 2.81. The molecule has 0 spiro atoms. The second kappa shape index (κ2) is 8.54. The number of hydrogen-bond acceptors (Lipinski definition) is 4. The first-order valence-corrected chi connectivity index (χ1v) is 9.70. The predicted molar refractivity (Wildman–Crippen MR) is 88.0 cm³/mol. The first-order chi connectivity index (χ1) is 9.51. The van der Waals surface area contributed by atoms with E-state index >= 15 is 0 Å². The number of para-hydroxylation sites is 1. The van der Waals surface area contributed by atoms with E-state index in [4.69, 9.17) is 0 Å². The van der Waals surface area contributed by atoms with E-state index in [9.17, 15) is 8.42 Å². The Hall–Kier alpha value is -0.720. The van der Waals surface area contributed by atoms with E-state index in [1.165, 1.54) is 0 Å². The number of thioether (sulfide) groups is 1. The molecule has 0 aliphatic carbocycles. The van der Waals surface area contributed by atoms with Crippen molar-refractivity contribution in [2.45, 2.75) is 25.2 Å². The highest BCUT2D eigenvalue weighted by molar-refractivity contribution is 7.98. The summed E-state index contributed by atoms with van der Waals surface area (Å²) < 4.78 is 27.4. The average Bonchev–Trinajstić information content (AvgIpc) is 2.44. The van der Waals surface area contributed by atoms with Crippen LogP contribution in [0.3, 0.4) is 0 Å². The van der Waals surface area contributed by atoms with Crippen molar-refractivity contribution in [1.82, 2.24) is 4.72 Å². The lowest BCUT2D eigenvalue weighted by atomic mass is 10.2. The number of benzene rings is 1. The van der Waals surface area contributed by atoms with E-state index in [2.05, 4.69) is 10.0 Å². The minimum atomic E-state index is -3.46. The van der Waals surface area contributed by atoms with Crippen LogP contribution in [0.2, 0.25) is 0 Å². The third kappa shape index (κ3) is 5.34. The van der Waals surface area contributed by atoms with Crippen LogP contribution in [0.4, 0.5) is 5.69 Å². The molecule has 1 rings (SSSR count). The van der Waals surface area contributed by atoms with Crippen molar-refractivity contribution in [3.8, 4) is 0 Å². The molecule has 0 aliphatic heterocycles. The van der Waals surface area contributed by atoms with Crippen LogP contribution < -0.4 is 10.0 Å². The molecule has 1 unspecified atom stereocenters. The third-order valence-electron chi connectivity index (χ3n) is 2.82. The molecule has 0 aliphatic rings. The minimum absolute atomic E-state index is 0.315. The molecule has 2 N–H and O–H groups in total. The summed E-state index contributed by atoms with van der Waals surface area (Å²) in [6, 6.07) is 7.03. The fraction of sp³-hybridized carbons (Fsp3) is 0.571. The van der Waals surface area contributed by atoms with Gasteiger partial charge in [-0.25, -0.2) is 13.1 Å². The molecule has 6 heteroatoms. The van der Waals surface area contributed by atoms with Gasteiger partial charge in [-0.2, -0.15) is 11.8 Å². The molecular weight excluding hydrogens is 292 g/mol. The molecule has 0 saturated heterocycles. The van der Waals surface area contributed by atoms with Crippen LogP contribution in [-0.4, -0.2) is 33.5 Å². The molecule has 114 valence electrons. The van der Waals surface area contributed by atoms with E-state index in [-0.39, 0.29) is 0 Å². The predicted octanol–water partition coefficient (Wildman–Crippen LogP) is 2.79. The molecule has 0 aromatic heterocycles. The van der Waals surface area contributed by atoms with Gasteiger partial charge < -0.3 is 5.32 Å². The molecule has 0 radical (unpaired) electrons. The SMILES string of the molecule is CCCNc1ccccc1S(=O)(=O)NCC(C)CSC. The van der Waals surface area contributed by atoms with Crippen molar-refractivity contribution in [2.24, 2.45) is 5.92 Å². The molecule has 0 saturated carbocycles. The monoisotopic (exact) mass is 316 g/mol. The molecule has 1 aromatic rings. The molecule has 0 heterocycles. The summed E-state index contributed by atoms with van der Waals surface area (Å²) in [6.07, 6.45) is 2.97. The van der Waals surface area contributed by atoms with Crippen molar-refractivity contribution in [3.63, 3.8) is 0 Å². The maximum Gasteiger partial charge on any atom is 0.242 e. The quantitative estimate of drug-likeness (QED) is 0.735. The number of rotatable bonds is 9. The van der Waals surface area contributed by atoms with Gasteiger partial charge in [0.2, 0.25) is 10.0 Å². The first-order valence-electron chi connectivity index (χ1n) is 6.82. The van der Waals surface area contributed by atoms with E-state index in [1.54, 1.807) is 30.0 Å². The molecule has 0 amide bonds. The van der Waals surface area contributed by atoms with Crippen LogP contribution in [0, 0.1) is 5.92 Å². The van der Waals surface area contributed by atoms with Gasteiger partial charge in [0.15, 0.2) is 0 Å². The summed E-state index contributed by atoms with van der Waals surface area (Å²) in [7, 11) is -3.46. The van der Waals surface area contributed by atoms with Gasteiger partial charge in [0.25, 0.3) is 0 Å². The topological polar surface area (TPSA) is 58.2 Å². The smallest absolute Gasteiger partial charge is 0.242 e. The lowest BCUT2D eigenvalue weighted by molar-refractivity contribution is 0.563. The molecule has 1 aromatic carbocycles. The highest BCUT2D eigenvalue weighted by Crippen LogP contribution is 2.20. The van der Waals surface area contributed by atoms with E-state index in [0.717, 1.165) is 18.7 Å². The van der Waals surface area contributed by atoms with Crippen molar-refractivity contribution >= 4 is 27.5 Å². The van der Waals surface area contributed by atoms with Crippen molar-refractivity contribution in [3.05, 3.63) is 24.3 Å². The van der Waals surface area contributed by atoms with Crippen molar-refractivity contribution < 1.29 is 8.42 Å². The summed E-state index contributed by atoms with van der Waals surface area (Å²) in [5.41, 5.74) is 0.666. The molecule has 0 fully saturated rings. The Labute approximate surface area is 126 Å². The van der Waals surface area contributed by atoms with E-state index in [1.807, 2.05) is 26.2 Å². The summed E-state index contributed by atoms with van der Waals surface area (Å²) in [4.78, 5) is 0.324. The van der Waals surface area contributed by atoms with Gasteiger partial charge >= 0.3 is 0 Å². The van der Waals surface area contributed by atoms with Crippen LogP contribution in [0.25, 0.3) is 0 Å². The maximum absolute atomic E-state index is 12.4. The van der Waals surface area contributed by atoms with Crippen molar-refractivity contribution in [1.29, 1.82) is 0 Å². The second-order valence-electron chi connectivity index (χ2n) is 4.84. The number of anilines is 1. The van der Waals surface area contributed by atoms with Gasteiger partial charge in [-0.15, -0.1) is 0 Å². The van der Waals surface area contributed by atoms with Crippen LogP contribution in [0.5, 0.6) is 0 Å². The van der Waals surface area contributed by atoms with E-state index in [0.29, 0.717) is 23.0 Å². The normalized spacial score (nSPS) is 13.2. The van der Waals surface area contributed by atoms with Gasteiger partial charge in [0.05, 0.1) is 5.69 Å². The summed E-state index contributed by atoms with van der Waals surface area (Å²) >= 11 is 1.72. The zero-order chi connectivity index (χ0) is 15.0. The van der Waals surface area contributed by atoms with Gasteiger partial charge in [-0.1, -0.05) is 26.0 Å². The van der Waals surface area contributed by atoms with Crippen LogP contribution >= 0.6 is 11.8 Å². The lowest BCUT2D eigenvalue weighted by Gasteiger charge is -2.15. The van der Waals surface area contributed by atoms with Crippen molar-refractivity contribution in [2.75, 3.05) is 30.4 Å².